The number of amides is 13. The summed E-state index contributed by atoms with van der Waals surface area (Å²) in [6.45, 7) is 18.6. The summed E-state index contributed by atoms with van der Waals surface area (Å²) in [4.78, 5) is 199. The monoisotopic (exact) mass is 1380 g/mol. The molecule has 27 heteroatoms. The largest absolute Gasteiger partial charge is 0.391 e. The minimum atomic E-state index is -1.71. The van der Waals surface area contributed by atoms with Crippen LogP contribution in [0.2, 0.25) is 0 Å². The van der Waals surface area contributed by atoms with Gasteiger partial charge < -0.3 is 71.3 Å². The zero-order valence-corrected chi connectivity index (χ0v) is 61.0. The summed E-state index contributed by atoms with van der Waals surface area (Å²) in [5.74, 6) is -10.9. The maximum Gasteiger partial charge on any atom is 0.248 e. The summed E-state index contributed by atoms with van der Waals surface area (Å²) in [5, 5.41) is 27.6. The first-order chi connectivity index (χ1) is 46.6. The van der Waals surface area contributed by atoms with Gasteiger partial charge in [-0.15, -0.1) is 0 Å². The van der Waals surface area contributed by atoms with Crippen LogP contribution in [-0.2, 0) is 75.2 Å². The van der Waals surface area contributed by atoms with Crippen LogP contribution in [0.5, 0.6) is 0 Å². The standard InChI is InChI=1S/C72H111N13O14/c1-17-45(8)61-66(93)77-53(69(96)84-33-25-20-26-34-84)40-57(87)73-46(9)62(89)78-59(48(11)86)72(99)81(14)56(39-50-30-23-19-24-31-50)64(91)75-51(36-42(2)3)70(97)85-35-27-32-54(85)71(98)82(15)60(44(6)7)65(92)76-52(38-49-28-21-18-22-29-49)68(95)79(12)41-58(88)80(13)55(37-43(4)5)63(90)74-47(10)67(94)83(61)16/h18-19,21-24,28-31,42-48,51-56,59-61,86H,17,20,25-27,32-41H2,1-16H3,(H,73,87)(H,74,90)(H,75,91)(H,76,92)(H,77,93)(H,78,89)/t45-,46-,47-,48+,51-,52-,53-,54-,55-,56-,59-,60-,61-/m0/s1. The molecule has 0 aromatic heterocycles. The van der Waals surface area contributed by atoms with E-state index in [1.54, 1.807) is 88.4 Å². The number of likely N-dealkylation sites (tertiary alicyclic amines) is 1. The summed E-state index contributed by atoms with van der Waals surface area (Å²) in [5.41, 5.74) is 1.27. The number of likely N-dealkylation sites (N-methyl/N-ethyl adjacent to an activating group) is 5. The zero-order chi connectivity index (χ0) is 73.9. The van der Waals surface area contributed by atoms with Gasteiger partial charge >= 0.3 is 0 Å². The van der Waals surface area contributed by atoms with Crippen molar-refractivity contribution in [1.82, 2.24) is 66.2 Å². The molecule has 0 aliphatic carbocycles. The second-order valence-electron chi connectivity index (χ2n) is 28.4. The Balaban J connectivity index is 1.60. The predicted molar refractivity (Wildman–Crippen MR) is 372 cm³/mol. The molecule has 0 saturated carbocycles. The molecule has 27 nitrogen and oxygen atoms in total. The van der Waals surface area contributed by atoms with Gasteiger partial charge in [0, 0.05) is 67.7 Å². The fourth-order valence-corrected chi connectivity index (χ4v) is 13.3. The molecule has 3 aliphatic rings. The van der Waals surface area contributed by atoms with Crippen molar-refractivity contribution < 1.29 is 67.4 Å². The highest BCUT2D eigenvalue weighted by Crippen LogP contribution is 2.26. The molecule has 548 valence electrons. The third-order valence-corrected chi connectivity index (χ3v) is 19.1. The molecular weight excluding hydrogens is 1270 g/mol. The van der Waals surface area contributed by atoms with E-state index in [0.29, 0.717) is 49.9 Å². The van der Waals surface area contributed by atoms with Gasteiger partial charge in [-0.05, 0) is 101 Å². The summed E-state index contributed by atoms with van der Waals surface area (Å²) < 4.78 is 0. The van der Waals surface area contributed by atoms with Gasteiger partial charge in [0.2, 0.25) is 76.8 Å². The number of hydrogen-bond donors (Lipinski definition) is 7. The second kappa shape index (κ2) is 37.6. The number of carbonyl (C=O) groups is 13. The topological polar surface area (TPSA) is 337 Å². The highest BCUT2D eigenvalue weighted by atomic mass is 16.3. The van der Waals surface area contributed by atoms with Crippen molar-refractivity contribution in [1.29, 1.82) is 0 Å². The average molecular weight is 1380 g/mol. The lowest BCUT2D eigenvalue weighted by Crippen LogP contribution is -2.62. The van der Waals surface area contributed by atoms with E-state index in [2.05, 4.69) is 31.9 Å². The molecule has 13 amide bonds. The molecule has 7 N–H and O–H groups in total. The molecule has 3 saturated heterocycles. The number of hydrogen-bond acceptors (Lipinski definition) is 14. The maximum absolute atomic E-state index is 15.1. The number of fused-ring (bicyclic) bond motifs is 1. The Morgan fingerprint density at radius 3 is 1.62 bits per heavy atom. The highest BCUT2D eigenvalue weighted by molar-refractivity contribution is 6.00. The molecule has 0 spiro atoms. The quantitative estimate of drug-likeness (QED) is 0.150. The number of rotatable bonds is 13. The molecule has 99 heavy (non-hydrogen) atoms. The van der Waals surface area contributed by atoms with E-state index in [1.807, 2.05) is 27.7 Å². The molecule has 5 rings (SSSR count). The summed E-state index contributed by atoms with van der Waals surface area (Å²) in [6.07, 6.45) is 0.959. The minimum Gasteiger partial charge on any atom is -0.391 e. The van der Waals surface area contributed by atoms with Crippen molar-refractivity contribution >= 4 is 76.8 Å². The van der Waals surface area contributed by atoms with E-state index in [0.717, 1.165) is 21.1 Å². The number of nitrogens with one attached hydrogen (secondary N) is 6. The first kappa shape index (κ1) is 81.2. The minimum absolute atomic E-state index is 0.0317. The lowest BCUT2D eigenvalue weighted by molar-refractivity contribution is -0.150. The number of nitrogens with zero attached hydrogens (tertiary/aromatic N) is 7. The van der Waals surface area contributed by atoms with Crippen molar-refractivity contribution in [2.75, 3.05) is 61.4 Å². The maximum atomic E-state index is 15.1. The SMILES string of the molecule is CC[C@H](C)[C@H]1C(=O)N[C@H](C(=O)N2CCCCC2)CC(=O)N[C@@H](C)C(=O)N[C@@H]([C@@H](C)O)C(=O)N(C)[C@@H](Cc2ccccc2)C(=O)N[C@@H](CC(C)C)C(=O)N2CCC[C@H]2C(=O)N(C)[C@@H](C(C)C)C(=O)N[C@@H](Cc2ccccc2)C(=O)N(C)CC(=O)N(C)[C@@H](CC(C)C)C(=O)N[C@@H](C)C(=O)N1C. The lowest BCUT2D eigenvalue weighted by atomic mass is 9.95. The number of aliphatic hydroxyl groups is 1. The first-order valence-electron chi connectivity index (χ1n) is 35.1. The van der Waals surface area contributed by atoms with Crippen LogP contribution >= 0.6 is 0 Å². The van der Waals surface area contributed by atoms with Crippen molar-refractivity contribution in [3.63, 3.8) is 0 Å². The Morgan fingerprint density at radius 1 is 0.515 bits per heavy atom. The number of carbonyl (C=O) groups excluding carboxylic acids is 13. The third kappa shape index (κ3) is 22.3. The fraction of sp³-hybridized carbons (Fsp3) is 0.653. The number of benzene rings is 2. The van der Waals surface area contributed by atoms with E-state index >= 15 is 9.59 Å². The molecule has 3 fully saturated rings. The van der Waals surface area contributed by atoms with Crippen LogP contribution in [0.3, 0.4) is 0 Å². The smallest absolute Gasteiger partial charge is 0.248 e. The summed E-state index contributed by atoms with van der Waals surface area (Å²) in [6, 6.07) is 3.02. The Morgan fingerprint density at radius 2 is 1.06 bits per heavy atom. The van der Waals surface area contributed by atoms with Crippen LogP contribution in [0, 0.1) is 23.7 Å². The van der Waals surface area contributed by atoms with Crippen LogP contribution in [0.4, 0.5) is 0 Å². The molecule has 0 radical (unpaired) electrons. The van der Waals surface area contributed by atoms with Crippen molar-refractivity contribution in [3.8, 4) is 0 Å². The van der Waals surface area contributed by atoms with Gasteiger partial charge in [-0.2, -0.15) is 0 Å². The zero-order valence-electron chi connectivity index (χ0n) is 61.0. The van der Waals surface area contributed by atoms with Crippen LogP contribution in [0.25, 0.3) is 0 Å². The van der Waals surface area contributed by atoms with Crippen LogP contribution in [0.1, 0.15) is 145 Å². The molecule has 2 aromatic carbocycles. The molecule has 0 unspecified atom stereocenters. The van der Waals surface area contributed by atoms with E-state index in [9.17, 15) is 57.8 Å². The van der Waals surface area contributed by atoms with Crippen molar-refractivity contribution in [3.05, 3.63) is 71.8 Å². The lowest BCUT2D eigenvalue weighted by Gasteiger charge is -2.37. The van der Waals surface area contributed by atoms with Gasteiger partial charge in [0.1, 0.15) is 66.5 Å². The van der Waals surface area contributed by atoms with E-state index in [4.69, 9.17) is 0 Å². The summed E-state index contributed by atoms with van der Waals surface area (Å²) >= 11 is 0. The highest BCUT2D eigenvalue weighted by Gasteiger charge is 2.45. The molecular formula is C72H111N13O14. The Hall–Kier alpha value is -8.49. The first-order valence-corrected chi connectivity index (χ1v) is 35.1. The fourth-order valence-electron chi connectivity index (χ4n) is 13.3. The third-order valence-electron chi connectivity index (χ3n) is 19.1. The van der Waals surface area contributed by atoms with Gasteiger partial charge in [0.25, 0.3) is 0 Å². The van der Waals surface area contributed by atoms with Crippen LogP contribution < -0.4 is 31.9 Å². The second-order valence-corrected chi connectivity index (χ2v) is 28.4. The van der Waals surface area contributed by atoms with E-state index in [-0.39, 0.29) is 50.5 Å². The van der Waals surface area contributed by atoms with Crippen molar-refractivity contribution in [2.24, 2.45) is 23.7 Å². The molecule has 3 aliphatic heterocycles. The van der Waals surface area contributed by atoms with Gasteiger partial charge in [0.15, 0.2) is 0 Å². The molecule has 0 bridgehead atoms. The van der Waals surface area contributed by atoms with Gasteiger partial charge in [-0.1, -0.05) is 122 Å². The van der Waals surface area contributed by atoms with Gasteiger partial charge in [-0.25, -0.2) is 0 Å². The average Bonchev–Trinajstić information content (AvgIpc) is 1.79. The molecule has 13 atom stereocenters. The van der Waals surface area contributed by atoms with Gasteiger partial charge in [0.05, 0.1) is 19.1 Å². The van der Waals surface area contributed by atoms with Crippen LogP contribution in [0.15, 0.2) is 60.7 Å². The number of aliphatic hydroxyl groups excluding tert-OH is 1. The Kier molecular flexibility index (Phi) is 30.9. The van der Waals surface area contributed by atoms with Gasteiger partial charge in [-0.3, -0.25) is 62.3 Å². The normalized spacial score (nSPS) is 26.9. The number of piperidine rings is 1. The Labute approximate surface area is 584 Å². The summed E-state index contributed by atoms with van der Waals surface area (Å²) in [7, 11) is 6.95. The van der Waals surface area contributed by atoms with Crippen molar-refractivity contribution in [2.45, 2.75) is 219 Å². The predicted octanol–water partition coefficient (Wildman–Crippen LogP) is 1.77. The Bertz CT molecular complexity index is 3150. The molecule has 3 heterocycles. The molecule has 2 aromatic rings. The van der Waals surface area contributed by atoms with Crippen LogP contribution in [-0.4, -0.2) is 250 Å². The van der Waals surface area contributed by atoms with E-state index in [1.165, 1.54) is 75.6 Å². The van der Waals surface area contributed by atoms with E-state index < -0.39 is 174 Å².